The average Bonchev–Trinajstić information content (AvgIpc) is 2.99. The molecule has 222 valence electrons. The highest BCUT2D eigenvalue weighted by molar-refractivity contribution is 5.97. The maximum Gasteiger partial charge on any atom is 0.328 e. The van der Waals surface area contributed by atoms with E-state index in [-0.39, 0.29) is 22.6 Å². The van der Waals surface area contributed by atoms with E-state index < -0.39 is 70.6 Å². The fourth-order valence-corrected chi connectivity index (χ4v) is 3.39. The first-order valence-electron chi connectivity index (χ1n) is 12.1. The lowest BCUT2D eigenvalue weighted by Crippen LogP contribution is -2.39. The van der Waals surface area contributed by atoms with Crippen molar-refractivity contribution in [3.63, 3.8) is 0 Å². The van der Waals surface area contributed by atoms with Gasteiger partial charge >= 0.3 is 11.9 Å². The van der Waals surface area contributed by atoms with Gasteiger partial charge in [-0.25, -0.2) is 9.59 Å². The Balaban J connectivity index is 1.75. The average molecular weight is 592 g/mol. The highest BCUT2D eigenvalue weighted by atomic mass is 19.2. The van der Waals surface area contributed by atoms with Crippen LogP contribution in [0.1, 0.15) is 34.6 Å². The third kappa shape index (κ3) is 7.13. The normalized spacial score (nSPS) is 12.0. The summed E-state index contributed by atoms with van der Waals surface area (Å²) in [7, 11) is 2.30. The van der Waals surface area contributed by atoms with Crippen LogP contribution in [-0.4, -0.2) is 50.1 Å². The minimum atomic E-state index is -1.90. The molecule has 2 N–H and O–H groups in total. The van der Waals surface area contributed by atoms with Crippen molar-refractivity contribution < 1.29 is 55.7 Å². The Morgan fingerprint density at radius 2 is 0.857 bits per heavy atom. The molecule has 42 heavy (non-hydrogen) atoms. The maximum absolute atomic E-state index is 14.8. The Bertz CT molecular complexity index is 1360. The summed E-state index contributed by atoms with van der Waals surface area (Å²) in [5.41, 5.74) is 0.0864. The number of esters is 2. The largest absolute Gasteiger partial charge is 0.467 e. The standard InChI is InChI=1S/C28H24F4N2O8/c1-13(27(37)39-3)33-25(35)15-5-9-17(10-6-15)41-23-19(29)21(31)24(22(32)20(23)30)42-18-11-7-16(8-12-18)26(36)34-14(2)28(38)40-4/h5-14H,1-4H3,(H,33,35)(H,34,36)/t13-,14-/m1/s1. The SMILES string of the molecule is COC(=O)[C@@H](C)NC(=O)c1ccc(Oc2c(F)c(F)c(Oc3ccc(C(=O)N[C@H](C)C(=O)OC)cc3)c(F)c2F)cc1. The van der Waals surface area contributed by atoms with Crippen molar-refractivity contribution in [2.45, 2.75) is 25.9 Å². The summed E-state index contributed by atoms with van der Waals surface area (Å²) in [6.07, 6.45) is 0. The first-order valence-corrected chi connectivity index (χ1v) is 12.1. The predicted molar refractivity (Wildman–Crippen MR) is 137 cm³/mol. The van der Waals surface area contributed by atoms with Gasteiger partial charge in [-0.05, 0) is 62.4 Å². The van der Waals surface area contributed by atoms with E-state index in [1.165, 1.54) is 38.1 Å². The summed E-state index contributed by atoms with van der Waals surface area (Å²) >= 11 is 0. The van der Waals surface area contributed by atoms with Gasteiger partial charge in [-0.2, -0.15) is 17.6 Å². The lowest BCUT2D eigenvalue weighted by atomic mass is 10.2. The van der Waals surface area contributed by atoms with Gasteiger partial charge in [0, 0.05) is 11.1 Å². The Morgan fingerprint density at radius 1 is 0.571 bits per heavy atom. The van der Waals surface area contributed by atoms with Crippen molar-refractivity contribution >= 4 is 23.8 Å². The summed E-state index contributed by atoms with van der Waals surface area (Å²) in [5, 5.41) is 4.75. The Labute approximate surface area is 236 Å². The van der Waals surface area contributed by atoms with Crippen LogP contribution >= 0.6 is 0 Å². The highest BCUT2D eigenvalue weighted by Crippen LogP contribution is 2.38. The smallest absolute Gasteiger partial charge is 0.328 e. The van der Waals surface area contributed by atoms with E-state index in [0.717, 1.165) is 38.5 Å². The van der Waals surface area contributed by atoms with Crippen LogP contribution in [0.15, 0.2) is 48.5 Å². The molecule has 0 aliphatic rings. The number of rotatable bonds is 10. The monoisotopic (exact) mass is 592 g/mol. The van der Waals surface area contributed by atoms with E-state index >= 15 is 0 Å². The van der Waals surface area contributed by atoms with Gasteiger partial charge in [0.1, 0.15) is 23.6 Å². The first-order chi connectivity index (χ1) is 19.9. The van der Waals surface area contributed by atoms with Gasteiger partial charge in [-0.15, -0.1) is 0 Å². The fourth-order valence-electron chi connectivity index (χ4n) is 3.39. The number of methoxy groups -OCH3 is 2. The number of amides is 2. The van der Waals surface area contributed by atoms with Crippen molar-refractivity contribution in [1.82, 2.24) is 10.6 Å². The van der Waals surface area contributed by atoms with Crippen molar-refractivity contribution in [2.75, 3.05) is 14.2 Å². The molecule has 0 aromatic heterocycles. The van der Waals surface area contributed by atoms with Crippen molar-refractivity contribution in [1.29, 1.82) is 0 Å². The molecule has 3 rings (SSSR count). The molecule has 0 aliphatic carbocycles. The molecule has 0 bridgehead atoms. The van der Waals surface area contributed by atoms with Crippen LogP contribution in [0.2, 0.25) is 0 Å². The molecular weight excluding hydrogens is 568 g/mol. The zero-order chi connectivity index (χ0) is 31.1. The molecule has 2 atom stereocenters. The van der Waals surface area contributed by atoms with Crippen LogP contribution in [0.4, 0.5) is 17.6 Å². The number of nitrogens with one attached hydrogen (secondary N) is 2. The number of ether oxygens (including phenoxy) is 4. The van der Waals surface area contributed by atoms with E-state index in [4.69, 9.17) is 9.47 Å². The summed E-state index contributed by atoms with van der Waals surface area (Å²) in [6.45, 7) is 2.79. The zero-order valence-corrected chi connectivity index (χ0v) is 22.6. The molecule has 14 heteroatoms. The number of carbonyl (C=O) groups excluding carboxylic acids is 4. The highest BCUT2D eigenvalue weighted by Gasteiger charge is 2.29. The van der Waals surface area contributed by atoms with Crippen molar-refractivity contribution in [3.8, 4) is 23.0 Å². The Kier molecular flexibility index (Phi) is 10.1. The topological polar surface area (TPSA) is 129 Å². The van der Waals surface area contributed by atoms with Gasteiger partial charge in [0.15, 0.2) is 0 Å². The van der Waals surface area contributed by atoms with Crippen molar-refractivity contribution in [3.05, 3.63) is 82.9 Å². The molecule has 0 spiro atoms. The fraction of sp³-hybridized carbons (Fsp3) is 0.214. The number of carbonyl (C=O) groups is 4. The summed E-state index contributed by atoms with van der Waals surface area (Å²) in [4.78, 5) is 47.4. The van der Waals surface area contributed by atoms with Crippen LogP contribution in [0, 0.1) is 23.3 Å². The quantitative estimate of drug-likeness (QED) is 0.201. The van der Waals surface area contributed by atoms with E-state index in [1.807, 2.05) is 0 Å². The molecule has 0 fully saturated rings. The van der Waals surface area contributed by atoms with Crippen LogP contribution < -0.4 is 20.1 Å². The van der Waals surface area contributed by atoms with Gasteiger partial charge in [-0.1, -0.05) is 0 Å². The molecule has 0 radical (unpaired) electrons. The molecule has 2 amide bonds. The molecule has 0 unspecified atom stereocenters. The third-order valence-electron chi connectivity index (χ3n) is 5.66. The molecule has 0 aliphatic heterocycles. The number of hydrogen-bond donors (Lipinski definition) is 2. The second kappa shape index (κ2) is 13.5. The zero-order valence-electron chi connectivity index (χ0n) is 22.6. The predicted octanol–water partition coefficient (Wildman–Crippen LogP) is 4.41. The van der Waals surface area contributed by atoms with E-state index in [1.54, 1.807) is 0 Å². The van der Waals surface area contributed by atoms with Gasteiger partial charge in [0.05, 0.1) is 14.2 Å². The maximum atomic E-state index is 14.8. The molecular formula is C28H24F4N2O8. The van der Waals surface area contributed by atoms with E-state index in [9.17, 15) is 36.7 Å². The second-order valence-corrected chi connectivity index (χ2v) is 8.60. The first kappa shape index (κ1) is 31.4. The lowest BCUT2D eigenvalue weighted by molar-refractivity contribution is -0.143. The lowest BCUT2D eigenvalue weighted by Gasteiger charge is -2.14. The van der Waals surface area contributed by atoms with Crippen LogP contribution in [0.5, 0.6) is 23.0 Å². The van der Waals surface area contributed by atoms with Crippen LogP contribution in [-0.2, 0) is 19.1 Å². The Morgan fingerprint density at radius 3 is 1.12 bits per heavy atom. The van der Waals surface area contributed by atoms with Gasteiger partial charge in [0.2, 0.25) is 34.8 Å². The molecule has 3 aromatic carbocycles. The van der Waals surface area contributed by atoms with Crippen LogP contribution in [0.25, 0.3) is 0 Å². The minimum Gasteiger partial charge on any atom is -0.467 e. The molecule has 0 saturated carbocycles. The minimum absolute atomic E-state index is 0.0432. The second-order valence-electron chi connectivity index (χ2n) is 8.60. The van der Waals surface area contributed by atoms with E-state index in [2.05, 4.69) is 20.1 Å². The van der Waals surface area contributed by atoms with Gasteiger partial charge in [0.25, 0.3) is 11.8 Å². The summed E-state index contributed by atoms with van der Waals surface area (Å²) < 4.78 is 78.0. The molecule has 3 aromatic rings. The van der Waals surface area contributed by atoms with E-state index in [0.29, 0.717) is 0 Å². The molecule has 0 heterocycles. The molecule has 10 nitrogen and oxygen atoms in total. The van der Waals surface area contributed by atoms with Gasteiger partial charge in [-0.3, -0.25) is 9.59 Å². The summed E-state index contributed by atoms with van der Waals surface area (Å²) in [5.74, 6) is -13.6. The van der Waals surface area contributed by atoms with Crippen LogP contribution in [0.3, 0.4) is 0 Å². The summed E-state index contributed by atoms with van der Waals surface area (Å²) in [6, 6.07) is 7.30. The van der Waals surface area contributed by atoms with Crippen molar-refractivity contribution in [2.24, 2.45) is 0 Å². The number of benzene rings is 3. The Hall–Kier alpha value is -5.14. The third-order valence-corrected chi connectivity index (χ3v) is 5.66. The van der Waals surface area contributed by atoms with Gasteiger partial charge < -0.3 is 29.6 Å². The number of hydrogen-bond acceptors (Lipinski definition) is 8. The molecule has 0 saturated heterocycles. The number of halogens is 4.